The number of halogens is 1. The summed E-state index contributed by atoms with van der Waals surface area (Å²) in [5.41, 5.74) is 2.40. The molecule has 1 saturated heterocycles. The van der Waals surface area contributed by atoms with Gasteiger partial charge in [-0.25, -0.2) is 4.99 Å². The molecule has 7 nitrogen and oxygen atoms in total. The average molecular weight is 566 g/mol. The van der Waals surface area contributed by atoms with E-state index in [1.807, 2.05) is 30.3 Å². The van der Waals surface area contributed by atoms with Crippen LogP contribution in [-0.2, 0) is 17.9 Å². The van der Waals surface area contributed by atoms with Crippen LogP contribution in [0.4, 0.5) is 0 Å². The molecular formula is C25H36IN5O2. The molecule has 2 atom stereocenters. The number of rotatable bonds is 8. The number of likely N-dealkylation sites (tertiary alicyclic amines) is 1. The van der Waals surface area contributed by atoms with E-state index >= 15 is 0 Å². The van der Waals surface area contributed by atoms with Crippen LogP contribution in [0.25, 0.3) is 0 Å². The first-order chi connectivity index (χ1) is 15.4. The number of ether oxygens (including phenoxy) is 1. The molecule has 0 aromatic heterocycles. The van der Waals surface area contributed by atoms with E-state index in [0.29, 0.717) is 18.5 Å². The molecule has 2 N–H and O–H groups in total. The molecule has 33 heavy (non-hydrogen) atoms. The highest BCUT2D eigenvalue weighted by Crippen LogP contribution is 2.20. The van der Waals surface area contributed by atoms with Crippen molar-refractivity contribution >= 4 is 35.8 Å². The first kappa shape index (κ1) is 26.9. The number of guanidine groups is 1. The van der Waals surface area contributed by atoms with E-state index < -0.39 is 0 Å². The van der Waals surface area contributed by atoms with Gasteiger partial charge in [-0.1, -0.05) is 42.5 Å². The van der Waals surface area contributed by atoms with Crippen LogP contribution in [0, 0.1) is 0 Å². The number of nitrogens with one attached hydrogen (secondary N) is 2. The number of benzene rings is 2. The van der Waals surface area contributed by atoms with Gasteiger partial charge in [-0.15, -0.1) is 24.0 Å². The summed E-state index contributed by atoms with van der Waals surface area (Å²) >= 11 is 0. The highest BCUT2D eigenvalue weighted by molar-refractivity contribution is 14.0. The molecule has 0 saturated carbocycles. The largest absolute Gasteiger partial charge is 0.497 e. The molecule has 1 fully saturated rings. The zero-order chi connectivity index (χ0) is 22.9. The Bertz CT molecular complexity index is 889. The molecule has 0 radical (unpaired) electrons. The fraction of sp³-hybridized carbons (Fsp3) is 0.440. The van der Waals surface area contributed by atoms with Gasteiger partial charge in [0.05, 0.1) is 20.2 Å². The predicted molar refractivity (Wildman–Crippen MR) is 144 cm³/mol. The summed E-state index contributed by atoms with van der Waals surface area (Å²) in [6.07, 6.45) is 1.03. The second-order valence-corrected chi connectivity index (χ2v) is 8.50. The Morgan fingerprint density at radius 3 is 2.45 bits per heavy atom. The lowest BCUT2D eigenvalue weighted by atomic mass is 10.2. The number of hydrogen-bond donors (Lipinski definition) is 2. The van der Waals surface area contributed by atoms with Gasteiger partial charge in [0, 0.05) is 39.3 Å². The van der Waals surface area contributed by atoms with Crippen molar-refractivity contribution in [3.63, 3.8) is 0 Å². The molecule has 0 spiro atoms. The Hall–Kier alpha value is -2.33. The lowest BCUT2D eigenvalue weighted by Gasteiger charge is -2.21. The summed E-state index contributed by atoms with van der Waals surface area (Å²) in [6.45, 7) is 4.86. The second kappa shape index (κ2) is 13.4. The van der Waals surface area contributed by atoms with E-state index in [2.05, 4.69) is 46.7 Å². The van der Waals surface area contributed by atoms with Crippen LogP contribution in [0.3, 0.4) is 0 Å². The quantitative estimate of drug-likeness (QED) is 0.293. The van der Waals surface area contributed by atoms with E-state index in [4.69, 9.17) is 9.73 Å². The van der Waals surface area contributed by atoms with Crippen molar-refractivity contribution in [1.29, 1.82) is 0 Å². The third-order valence-corrected chi connectivity index (χ3v) is 5.76. The van der Waals surface area contributed by atoms with Crippen molar-refractivity contribution in [2.24, 2.45) is 4.99 Å². The van der Waals surface area contributed by atoms with Gasteiger partial charge in [-0.3, -0.25) is 9.69 Å². The number of methoxy groups -OCH3 is 1. The number of hydrogen-bond acceptors (Lipinski definition) is 4. The Kier molecular flexibility index (Phi) is 10.9. The van der Waals surface area contributed by atoms with Crippen LogP contribution in [0.15, 0.2) is 59.6 Å². The van der Waals surface area contributed by atoms with Gasteiger partial charge in [-0.2, -0.15) is 0 Å². The van der Waals surface area contributed by atoms with Crippen molar-refractivity contribution in [2.75, 3.05) is 34.3 Å². The maximum atomic E-state index is 12.1. The van der Waals surface area contributed by atoms with Crippen molar-refractivity contribution in [2.45, 2.75) is 38.5 Å². The molecule has 8 heteroatoms. The summed E-state index contributed by atoms with van der Waals surface area (Å²) in [5, 5.41) is 6.76. The third kappa shape index (κ3) is 8.51. The van der Waals surface area contributed by atoms with Gasteiger partial charge in [0.15, 0.2) is 5.96 Å². The minimum atomic E-state index is 0. The maximum absolute atomic E-state index is 12.1. The molecule has 1 heterocycles. The fourth-order valence-corrected chi connectivity index (χ4v) is 3.81. The van der Waals surface area contributed by atoms with Gasteiger partial charge in [0.25, 0.3) is 0 Å². The molecule has 0 bridgehead atoms. The second-order valence-electron chi connectivity index (χ2n) is 8.50. The normalized spacial score (nSPS) is 18.4. The summed E-state index contributed by atoms with van der Waals surface area (Å²) < 4.78 is 5.23. The van der Waals surface area contributed by atoms with Crippen molar-refractivity contribution in [3.05, 3.63) is 65.7 Å². The third-order valence-electron chi connectivity index (χ3n) is 5.76. The number of likely N-dealkylation sites (N-methyl/N-ethyl adjacent to an activating group) is 1. The number of amides is 1. The van der Waals surface area contributed by atoms with Crippen molar-refractivity contribution < 1.29 is 9.53 Å². The van der Waals surface area contributed by atoms with E-state index in [1.54, 1.807) is 26.1 Å². The SMILES string of the molecule is COc1ccc(CN=C(NCC(=O)N(C)C)NC2CC(C)N(Cc3ccccc3)C2)cc1.I. The van der Waals surface area contributed by atoms with E-state index in [0.717, 1.165) is 30.8 Å². The van der Waals surface area contributed by atoms with Crippen LogP contribution in [-0.4, -0.2) is 68.0 Å². The summed E-state index contributed by atoms with van der Waals surface area (Å²) in [4.78, 5) is 20.9. The van der Waals surface area contributed by atoms with Crippen LogP contribution >= 0.6 is 24.0 Å². The molecule has 1 aliphatic rings. The lowest BCUT2D eigenvalue weighted by Crippen LogP contribution is -2.47. The van der Waals surface area contributed by atoms with E-state index in [1.165, 1.54) is 5.56 Å². The predicted octanol–water partition coefficient (Wildman–Crippen LogP) is 3.10. The Morgan fingerprint density at radius 2 is 1.82 bits per heavy atom. The molecule has 3 rings (SSSR count). The topological polar surface area (TPSA) is 69.2 Å². The highest BCUT2D eigenvalue weighted by Gasteiger charge is 2.29. The summed E-state index contributed by atoms with van der Waals surface area (Å²) in [5.74, 6) is 1.49. The molecule has 180 valence electrons. The minimum absolute atomic E-state index is 0. The van der Waals surface area contributed by atoms with Gasteiger partial charge in [0.2, 0.25) is 5.91 Å². The number of aliphatic imine (C=N–C) groups is 1. The van der Waals surface area contributed by atoms with Gasteiger partial charge >= 0.3 is 0 Å². The van der Waals surface area contributed by atoms with Crippen LogP contribution < -0.4 is 15.4 Å². The van der Waals surface area contributed by atoms with Gasteiger partial charge < -0.3 is 20.3 Å². The summed E-state index contributed by atoms with van der Waals surface area (Å²) in [7, 11) is 5.17. The molecule has 1 aliphatic heterocycles. The van der Waals surface area contributed by atoms with Crippen molar-refractivity contribution in [1.82, 2.24) is 20.4 Å². The number of carbonyl (C=O) groups is 1. The molecule has 2 unspecified atom stereocenters. The zero-order valence-corrected chi connectivity index (χ0v) is 22.3. The molecule has 2 aromatic carbocycles. The Balaban J connectivity index is 0.00000385. The Morgan fingerprint density at radius 1 is 1.12 bits per heavy atom. The molecular weight excluding hydrogens is 529 g/mol. The monoisotopic (exact) mass is 565 g/mol. The number of nitrogens with zero attached hydrogens (tertiary/aromatic N) is 3. The smallest absolute Gasteiger partial charge is 0.241 e. The summed E-state index contributed by atoms with van der Waals surface area (Å²) in [6, 6.07) is 19.2. The van der Waals surface area contributed by atoms with Crippen molar-refractivity contribution in [3.8, 4) is 5.75 Å². The molecule has 2 aromatic rings. The van der Waals surface area contributed by atoms with Crippen LogP contribution in [0.1, 0.15) is 24.5 Å². The molecule has 1 amide bonds. The van der Waals surface area contributed by atoms with E-state index in [-0.39, 0.29) is 42.5 Å². The first-order valence-electron chi connectivity index (χ1n) is 11.1. The van der Waals surface area contributed by atoms with Gasteiger partial charge in [0.1, 0.15) is 5.75 Å². The van der Waals surface area contributed by atoms with E-state index in [9.17, 15) is 4.79 Å². The van der Waals surface area contributed by atoms with Crippen LogP contribution in [0.2, 0.25) is 0 Å². The van der Waals surface area contributed by atoms with Gasteiger partial charge in [-0.05, 0) is 36.6 Å². The number of carbonyl (C=O) groups excluding carboxylic acids is 1. The minimum Gasteiger partial charge on any atom is -0.497 e. The standard InChI is InChI=1S/C25H35N5O2.HI/c1-19-14-22(18-30(19)17-21-8-6-5-7-9-21)28-25(27-16-24(31)29(2)3)26-15-20-10-12-23(32-4)13-11-20;/h5-13,19,22H,14-18H2,1-4H3,(H2,26,27,28);1H. The zero-order valence-electron chi connectivity index (χ0n) is 20.0. The maximum Gasteiger partial charge on any atom is 0.241 e. The lowest BCUT2D eigenvalue weighted by molar-refractivity contribution is -0.127. The van der Waals surface area contributed by atoms with Crippen LogP contribution in [0.5, 0.6) is 5.75 Å². The first-order valence-corrected chi connectivity index (χ1v) is 11.1. The highest BCUT2D eigenvalue weighted by atomic mass is 127. The Labute approximate surface area is 214 Å². The fourth-order valence-electron chi connectivity index (χ4n) is 3.81. The average Bonchev–Trinajstić information content (AvgIpc) is 3.14. The molecule has 0 aliphatic carbocycles.